The van der Waals surface area contributed by atoms with Crippen molar-refractivity contribution in [3.63, 3.8) is 0 Å². The van der Waals surface area contributed by atoms with Crippen molar-refractivity contribution < 1.29 is 14.0 Å². The van der Waals surface area contributed by atoms with Crippen molar-refractivity contribution in [3.05, 3.63) is 59.5 Å². The van der Waals surface area contributed by atoms with Crippen LogP contribution < -0.4 is 10.6 Å². The summed E-state index contributed by atoms with van der Waals surface area (Å²) in [6.45, 7) is 2.75. The minimum absolute atomic E-state index is 0.198. The van der Waals surface area contributed by atoms with Gasteiger partial charge in [0.15, 0.2) is 0 Å². The quantitative estimate of drug-likeness (QED) is 0.804. The van der Waals surface area contributed by atoms with Gasteiger partial charge in [0.1, 0.15) is 11.2 Å². The first-order valence-corrected chi connectivity index (χ1v) is 7.75. The van der Waals surface area contributed by atoms with Gasteiger partial charge in [0.2, 0.25) is 11.8 Å². The average Bonchev–Trinajstić information content (AvgIpc) is 3.20. The molecule has 1 heterocycles. The number of amides is 2. The van der Waals surface area contributed by atoms with Crippen LogP contribution in [-0.4, -0.2) is 11.8 Å². The van der Waals surface area contributed by atoms with E-state index in [4.69, 9.17) is 4.42 Å². The number of aryl methyl sites for hydroxylation is 1. The van der Waals surface area contributed by atoms with Gasteiger partial charge in [-0.3, -0.25) is 9.59 Å². The lowest BCUT2D eigenvalue weighted by atomic mass is 10.0. The third-order valence-electron chi connectivity index (χ3n) is 4.16. The van der Waals surface area contributed by atoms with Gasteiger partial charge in [0.05, 0.1) is 12.8 Å². The van der Waals surface area contributed by atoms with Crippen LogP contribution in [0.25, 0.3) is 0 Å². The lowest BCUT2D eigenvalue weighted by molar-refractivity contribution is -0.137. The molecule has 0 radical (unpaired) electrons. The molecule has 3 rings (SSSR count). The maximum atomic E-state index is 12.4. The predicted molar refractivity (Wildman–Crippen MR) is 85.2 cm³/mol. The largest absolute Gasteiger partial charge is 0.467 e. The first-order chi connectivity index (χ1) is 11.1. The van der Waals surface area contributed by atoms with Crippen molar-refractivity contribution in [1.29, 1.82) is 0 Å². The highest BCUT2D eigenvalue weighted by molar-refractivity contribution is 6.07. The van der Waals surface area contributed by atoms with E-state index < -0.39 is 5.41 Å². The maximum Gasteiger partial charge on any atom is 0.236 e. The Hall–Kier alpha value is -2.56. The van der Waals surface area contributed by atoms with Crippen LogP contribution in [0.5, 0.6) is 0 Å². The molecular weight excluding hydrogens is 292 g/mol. The van der Waals surface area contributed by atoms with Crippen molar-refractivity contribution >= 4 is 11.8 Å². The predicted octanol–water partition coefficient (Wildman–Crippen LogP) is 2.30. The zero-order valence-corrected chi connectivity index (χ0v) is 13.1. The van der Waals surface area contributed by atoms with Gasteiger partial charge in [-0.25, -0.2) is 0 Å². The van der Waals surface area contributed by atoms with E-state index in [1.165, 1.54) is 0 Å². The molecule has 1 aliphatic carbocycles. The monoisotopic (exact) mass is 312 g/mol. The second-order valence-electron chi connectivity index (χ2n) is 6.02. The van der Waals surface area contributed by atoms with Crippen molar-refractivity contribution in [2.24, 2.45) is 5.41 Å². The fourth-order valence-corrected chi connectivity index (χ4v) is 2.61. The molecule has 0 atom stereocenters. The maximum absolute atomic E-state index is 12.4. The Kier molecular flexibility index (Phi) is 4.19. The van der Waals surface area contributed by atoms with Crippen LogP contribution in [0.15, 0.2) is 47.1 Å². The molecule has 0 bridgehead atoms. The van der Waals surface area contributed by atoms with Crippen molar-refractivity contribution in [2.45, 2.75) is 32.9 Å². The lowest BCUT2D eigenvalue weighted by Crippen LogP contribution is -2.42. The molecule has 1 aliphatic rings. The van der Waals surface area contributed by atoms with Gasteiger partial charge in [-0.1, -0.05) is 29.8 Å². The lowest BCUT2D eigenvalue weighted by Gasteiger charge is -2.15. The number of carbonyl (C=O) groups excluding carboxylic acids is 2. The van der Waals surface area contributed by atoms with Crippen LogP contribution in [0.4, 0.5) is 0 Å². The van der Waals surface area contributed by atoms with Crippen molar-refractivity contribution in [3.8, 4) is 0 Å². The van der Waals surface area contributed by atoms with Crippen molar-refractivity contribution in [1.82, 2.24) is 10.6 Å². The molecule has 1 aromatic carbocycles. The molecule has 2 amide bonds. The second kappa shape index (κ2) is 6.28. The highest BCUT2D eigenvalue weighted by Crippen LogP contribution is 2.46. The Labute approximate surface area is 135 Å². The van der Waals surface area contributed by atoms with Gasteiger partial charge in [-0.05, 0) is 37.5 Å². The Morgan fingerprint density at radius 3 is 2.43 bits per heavy atom. The molecule has 0 unspecified atom stereocenters. The van der Waals surface area contributed by atoms with Crippen molar-refractivity contribution in [2.75, 3.05) is 0 Å². The van der Waals surface area contributed by atoms with E-state index in [1.54, 1.807) is 18.4 Å². The summed E-state index contributed by atoms with van der Waals surface area (Å²) in [6, 6.07) is 11.5. The van der Waals surface area contributed by atoms with Gasteiger partial charge < -0.3 is 15.1 Å². The molecule has 1 fully saturated rings. The minimum atomic E-state index is -0.906. The summed E-state index contributed by atoms with van der Waals surface area (Å²) in [4.78, 5) is 24.7. The van der Waals surface area contributed by atoms with E-state index in [0.29, 0.717) is 31.7 Å². The normalized spacial score (nSPS) is 15.0. The molecule has 1 saturated carbocycles. The Bertz CT molecular complexity index is 703. The summed E-state index contributed by atoms with van der Waals surface area (Å²) in [5.74, 6) is 0.251. The van der Waals surface area contributed by atoms with Gasteiger partial charge in [-0.15, -0.1) is 0 Å². The first kappa shape index (κ1) is 15.3. The Balaban J connectivity index is 1.54. The number of rotatable bonds is 6. The summed E-state index contributed by atoms with van der Waals surface area (Å²) >= 11 is 0. The first-order valence-electron chi connectivity index (χ1n) is 7.75. The summed E-state index contributed by atoms with van der Waals surface area (Å²) in [7, 11) is 0. The Morgan fingerprint density at radius 1 is 1.09 bits per heavy atom. The van der Waals surface area contributed by atoms with Crippen LogP contribution in [0, 0.1) is 12.3 Å². The number of hydrogen-bond donors (Lipinski definition) is 2. The molecule has 0 spiro atoms. The number of benzene rings is 1. The standard InChI is InChI=1S/C18H20N2O3/c1-13-4-2-5-14(10-13)11-19-16(21)18(7-8-18)17(22)20-12-15-6-3-9-23-15/h2-6,9-10H,7-8,11-12H2,1H3,(H,19,21)(H,20,22). The number of furan rings is 1. The molecule has 0 saturated heterocycles. The zero-order chi connectivity index (χ0) is 16.3. The SMILES string of the molecule is Cc1cccc(CNC(=O)C2(C(=O)NCc3ccco3)CC2)c1. The second-order valence-corrected chi connectivity index (χ2v) is 6.02. The van der Waals surface area contributed by atoms with E-state index in [2.05, 4.69) is 10.6 Å². The number of hydrogen-bond acceptors (Lipinski definition) is 3. The third-order valence-corrected chi connectivity index (χ3v) is 4.16. The topological polar surface area (TPSA) is 71.3 Å². The molecule has 1 aromatic heterocycles. The summed E-state index contributed by atoms with van der Waals surface area (Å²) in [6.07, 6.45) is 2.75. The summed E-state index contributed by atoms with van der Waals surface area (Å²) in [5.41, 5.74) is 1.27. The van der Waals surface area contributed by atoms with Gasteiger partial charge >= 0.3 is 0 Å². The molecule has 0 aliphatic heterocycles. The fourth-order valence-electron chi connectivity index (χ4n) is 2.61. The number of carbonyl (C=O) groups is 2. The van der Waals surface area contributed by atoms with Crippen LogP contribution in [-0.2, 0) is 22.7 Å². The van der Waals surface area contributed by atoms with Crippen LogP contribution in [0.3, 0.4) is 0 Å². The van der Waals surface area contributed by atoms with Gasteiger partial charge in [-0.2, -0.15) is 0 Å². The van der Waals surface area contributed by atoms with E-state index in [9.17, 15) is 9.59 Å². The molecule has 23 heavy (non-hydrogen) atoms. The molecule has 5 nitrogen and oxygen atoms in total. The molecule has 2 N–H and O–H groups in total. The molecule has 5 heteroatoms. The highest BCUT2D eigenvalue weighted by atomic mass is 16.3. The van der Waals surface area contributed by atoms with Gasteiger partial charge in [0.25, 0.3) is 0 Å². The summed E-state index contributed by atoms with van der Waals surface area (Å²) < 4.78 is 5.18. The third kappa shape index (κ3) is 3.44. The average molecular weight is 312 g/mol. The van der Waals surface area contributed by atoms with E-state index >= 15 is 0 Å². The van der Waals surface area contributed by atoms with Crippen LogP contribution in [0.2, 0.25) is 0 Å². The van der Waals surface area contributed by atoms with E-state index in [-0.39, 0.29) is 11.8 Å². The zero-order valence-electron chi connectivity index (χ0n) is 13.1. The summed E-state index contributed by atoms with van der Waals surface area (Å²) in [5, 5.41) is 5.66. The smallest absolute Gasteiger partial charge is 0.236 e. The number of nitrogens with one attached hydrogen (secondary N) is 2. The Morgan fingerprint density at radius 2 is 1.83 bits per heavy atom. The molecule has 2 aromatic rings. The van der Waals surface area contributed by atoms with Crippen LogP contribution >= 0.6 is 0 Å². The van der Waals surface area contributed by atoms with Gasteiger partial charge in [0, 0.05) is 6.54 Å². The molecular formula is C18H20N2O3. The highest BCUT2D eigenvalue weighted by Gasteiger charge is 2.56. The van der Waals surface area contributed by atoms with Crippen LogP contribution in [0.1, 0.15) is 29.7 Å². The van der Waals surface area contributed by atoms with E-state index in [0.717, 1.165) is 11.1 Å². The molecule has 120 valence electrons. The fraction of sp³-hybridized carbons (Fsp3) is 0.333. The van der Waals surface area contributed by atoms with E-state index in [1.807, 2.05) is 31.2 Å². The minimum Gasteiger partial charge on any atom is -0.467 e.